The van der Waals surface area contributed by atoms with Gasteiger partial charge in [0, 0.05) is 30.2 Å². The fraction of sp³-hybridized carbons (Fsp3) is 0.500. The molecule has 1 aliphatic rings. The number of piperidine rings is 1. The van der Waals surface area contributed by atoms with Gasteiger partial charge in [0.15, 0.2) is 0 Å². The first-order valence-electron chi connectivity index (χ1n) is 6.71. The third-order valence-electron chi connectivity index (χ3n) is 3.99. The Morgan fingerprint density at radius 1 is 1.52 bits per heavy atom. The van der Waals surface area contributed by atoms with Crippen LogP contribution in [0.3, 0.4) is 0 Å². The van der Waals surface area contributed by atoms with E-state index in [2.05, 4.69) is 0 Å². The van der Waals surface area contributed by atoms with E-state index in [9.17, 15) is 14.9 Å². The maximum absolute atomic E-state index is 12.6. The van der Waals surface area contributed by atoms with Gasteiger partial charge >= 0.3 is 0 Å². The molecule has 2 rings (SSSR count). The van der Waals surface area contributed by atoms with Crippen LogP contribution in [-0.2, 0) is 0 Å². The van der Waals surface area contributed by atoms with Crippen molar-refractivity contribution in [3.05, 3.63) is 38.9 Å². The molecule has 0 spiro atoms. The van der Waals surface area contributed by atoms with E-state index in [1.807, 2.05) is 13.8 Å². The molecule has 0 aliphatic carbocycles. The molecule has 1 saturated heterocycles. The van der Waals surface area contributed by atoms with Gasteiger partial charge in [-0.05, 0) is 24.0 Å². The van der Waals surface area contributed by atoms with E-state index in [4.69, 9.17) is 17.3 Å². The Hall–Kier alpha value is -1.66. The van der Waals surface area contributed by atoms with Gasteiger partial charge < -0.3 is 10.6 Å². The van der Waals surface area contributed by atoms with Gasteiger partial charge in [0.1, 0.15) is 5.56 Å². The zero-order valence-electron chi connectivity index (χ0n) is 12.0. The van der Waals surface area contributed by atoms with Gasteiger partial charge in [0.25, 0.3) is 11.6 Å². The fourth-order valence-electron chi connectivity index (χ4n) is 2.55. The number of nitro groups is 1. The Balaban J connectivity index is 2.31. The van der Waals surface area contributed by atoms with E-state index < -0.39 is 4.92 Å². The molecule has 1 amide bonds. The summed E-state index contributed by atoms with van der Waals surface area (Å²) in [6.07, 6.45) is 0.681. The van der Waals surface area contributed by atoms with Crippen LogP contribution in [0, 0.1) is 15.5 Å². The Bertz CT molecular complexity index is 589. The summed E-state index contributed by atoms with van der Waals surface area (Å²) in [7, 11) is 0. The van der Waals surface area contributed by atoms with Gasteiger partial charge in [-0.3, -0.25) is 14.9 Å². The van der Waals surface area contributed by atoms with Crippen LogP contribution in [-0.4, -0.2) is 34.9 Å². The average Bonchev–Trinajstić information content (AvgIpc) is 2.41. The molecule has 1 atom stereocenters. The smallest absolute Gasteiger partial charge is 0.283 e. The van der Waals surface area contributed by atoms with E-state index in [1.54, 1.807) is 4.90 Å². The van der Waals surface area contributed by atoms with Crippen molar-refractivity contribution < 1.29 is 9.72 Å². The van der Waals surface area contributed by atoms with Crippen molar-refractivity contribution in [3.8, 4) is 0 Å². The molecule has 0 radical (unpaired) electrons. The highest BCUT2D eigenvalue weighted by Gasteiger charge is 2.37. The summed E-state index contributed by atoms with van der Waals surface area (Å²) in [6.45, 7) is 4.97. The van der Waals surface area contributed by atoms with Gasteiger partial charge in [-0.1, -0.05) is 25.4 Å². The number of nitrogens with zero attached hydrogens (tertiary/aromatic N) is 2. The number of amides is 1. The number of halogens is 1. The molecule has 1 aromatic rings. The zero-order valence-corrected chi connectivity index (χ0v) is 12.8. The molecule has 1 fully saturated rings. The topological polar surface area (TPSA) is 89.5 Å². The molecular formula is C14H18ClN3O3. The third-order valence-corrected chi connectivity index (χ3v) is 4.22. The van der Waals surface area contributed by atoms with Gasteiger partial charge in [0.2, 0.25) is 0 Å². The van der Waals surface area contributed by atoms with E-state index >= 15 is 0 Å². The minimum atomic E-state index is -0.583. The number of carbonyl (C=O) groups is 1. The van der Waals surface area contributed by atoms with Crippen LogP contribution in [0.25, 0.3) is 0 Å². The molecule has 1 heterocycles. The lowest BCUT2D eigenvalue weighted by molar-refractivity contribution is -0.385. The van der Waals surface area contributed by atoms with Crippen LogP contribution in [0.15, 0.2) is 18.2 Å². The summed E-state index contributed by atoms with van der Waals surface area (Å²) in [5.41, 5.74) is 5.64. The van der Waals surface area contributed by atoms with Crippen molar-refractivity contribution in [2.75, 3.05) is 13.1 Å². The summed E-state index contributed by atoms with van der Waals surface area (Å²) < 4.78 is 0. The highest BCUT2D eigenvalue weighted by atomic mass is 35.5. The number of benzene rings is 1. The van der Waals surface area contributed by atoms with Crippen LogP contribution < -0.4 is 5.73 Å². The first kappa shape index (κ1) is 15.7. The molecule has 0 saturated carbocycles. The van der Waals surface area contributed by atoms with Crippen molar-refractivity contribution >= 4 is 23.2 Å². The number of carbonyl (C=O) groups excluding carboxylic acids is 1. The summed E-state index contributed by atoms with van der Waals surface area (Å²) >= 11 is 5.77. The molecule has 6 nitrogen and oxygen atoms in total. The Kier molecular flexibility index (Phi) is 4.20. The maximum Gasteiger partial charge on any atom is 0.283 e. The van der Waals surface area contributed by atoms with Crippen molar-refractivity contribution in [1.82, 2.24) is 4.90 Å². The lowest BCUT2D eigenvalue weighted by Crippen LogP contribution is -2.54. The molecule has 1 aliphatic heterocycles. The van der Waals surface area contributed by atoms with Crippen LogP contribution >= 0.6 is 11.6 Å². The average molecular weight is 312 g/mol. The Morgan fingerprint density at radius 2 is 2.19 bits per heavy atom. The predicted molar refractivity (Wildman–Crippen MR) is 80.4 cm³/mol. The minimum Gasteiger partial charge on any atom is -0.338 e. The molecule has 21 heavy (non-hydrogen) atoms. The Labute approximate surface area is 128 Å². The second kappa shape index (κ2) is 5.61. The summed E-state index contributed by atoms with van der Waals surface area (Å²) in [5, 5.41) is 11.3. The van der Waals surface area contributed by atoms with E-state index in [1.165, 1.54) is 18.2 Å². The fourth-order valence-corrected chi connectivity index (χ4v) is 2.72. The SMILES string of the molecule is CC1(C)CN(C(=O)c2ccc(Cl)cc2[N+](=O)[O-])CCC1N. The number of rotatable bonds is 2. The number of likely N-dealkylation sites (tertiary alicyclic amines) is 1. The normalized spacial score (nSPS) is 21.1. The lowest BCUT2D eigenvalue weighted by Gasteiger charge is -2.42. The molecule has 0 bridgehead atoms. The maximum atomic E-state index is 12.6. The standard InChI is InChI=1S/C14H18ClN3O3/c1-14(2)8-17(6-5-12(14)16)13(19)10-4-3-9(15)7-11(10)18(20)21/h3-4,7,12H,5-6,8,16H2,1-2H3. The predicted octanol–water partition coefficient (Wildman–Crippen LogP) is 2.45. The number of hydrogen-bond donors (Lipinski definition) is 1. The molecular weight excluding hydrogens is 294 g/mol. The van der Waals surface area contributed by atoms with Crippen molar-refractivity contribution in [1.29, 1.82) is 0 Å². The van der Waals surface area contributed by atoms with Crippen molar-refractivity contribution in [2.24, 2.45) is 11.1 Å². The van der Waals surface area contributed by atoms with Crippen LogP contribution in [0.5, 0.6) is 0 Å². The molecule has 114 valence electrons. The van der Waals surface area contributed by atoms with Crippen LogP contribution in [0.1, 0.15) is 30.6 Å². The van der Waals surface area contributed by atoms with Crippen LogP contribution in [0.2, 0.25) is 5.02 Å². The second-order valence-electron chi connectivity index (χ2n) is 6.03. The number of nitro benzene ring substituents is 1. The molecule has 1 aromatic carbocycles. The second-order valence-corrected chi connectivity index (χ2v) is 6.47. The monoisotopic (exact) mass is 311 g/mol. The van der Waals surface area contributed by atoms with E-state index in [0.717, 1.165) is 0 Å². The molecule has 0 aromatic heterocycles. The number of hydrogen-bond acceptors (Lipinski definition) is 4. The largest absolute Gasteiger partial charge is 0.338 e. The van der Waals surface area contributed by atoms with Crippen LogP contribution in [0.4, 0.5) is 5.69 Å². The first-order valence-corrected chi connectivity index (χ1v) is 7.09. The first-order chi connectivity index (χ1) is 9.72. The minimum absolute atomic E-state index is 0.0155. The Morgan fingerprint density at radius 3 is 2.76 bits per heavy atom. The van der Waals surface area contributed by atoms with Crippen molar-refractivity contribution in [2.45, 2.75) is 26.3 Å². The molecule has 2 N–H and O–H groups in total. The lowest BCUT2D eigenvalue weighted by atomic mass is 9.79. The van der Waals surface area contributed by atoms with Gasteiger partial charge in [-0.2, -0.15) is 0 Å². The molecule has 7 heteroatoms. The highest BCUT2D eigenvalue weighted by Crippen LogP contribution is 2.30. The highest BCUT2D eigenvalue weighted by molar-refractivity contribution is 6.31. The van der Waals surface area contributed by atoms with E-state index in [-0.39, 0.29) is 33.6 Å². The van der Waals surface area contributed by atoms with Gasteiger partial charge in [-0.15, -0.1) is 0 Å². The third kappa shape index (κ3) is 3.16. The summed E-state index contributed by atoms with van der Waals surface area (Å²) in [6, 6.07) is 4.12. The van der Waals surface area contributed by atoms with E-state index in [0.29, 0.717) is 19.5 Å². The number of nitrogens with two attached hydrogens (primary N) is 1. The quantitative estimate of drug-likeness (QED) is 0.671. The zero-order chi connectivity index (χ0) is 15.8. The van der Waals surface area contributed by atoms with Crippen molar-refractivity contribution in [3.63, 3.8) is 0 Å². The van der Waals surface area contributed by atoms with Gasteiger partial charge in [-0.25, -0.2) is 0 Å². The summed E-state index contributed by atoms with van der Waals surface area (Å²) in [4.78, 5) is 24.7. The van der Waals surface area contributed by atoms with Gasteiger partial charge in [0.05, 0.1) is 4.92 Å². The summed E-state index contributed by atoms with van der Waals surface area (Å²) in [5.74, 6) is -0.349. The molecule has 1 unspecified atom stereocenters.